The van der Waals surface area contributed by atoms with Crippen LogP contribution < -0.4 is 10.6 Å². The van der Waals surface area contributed by atoms with Gasteiger partial charge in [0.2, 0.25) is 11.6 Å². The van der Waals surface area contributed by atoms with Crippen molar-refractivity contribution in [3.05, 3.63) is 29.6 Å². The summed E-state index contributed by atoms with van der Waals surface area (Å²) >= 11 is 0. The first-order valence-corrected chi connectivity index (χ1v) is 10.0. The van der Waals surface area contributed by atoms with Gasteiger partial charge in [-0.05, 0) is 43.4 Å². The number of anilines is 1. The number of fused-ring (bicyclic) bond motifs is 3. The zero-order valence-electron chi connectivity index (χ0n) is 17.8. The van der Waals surface area contributed by atoms with E-state index in [9.17, 15) is 14.7 Å². The molecule has 2 heterocycles. The van der Waals surface area contributed by atoms with Crippen LogP contribution >= 0.6 is 0 Å². The molecule has 0 bridgehead atoms. The molecule has 0 aliphatic heterocycles. The monoisotopic (exact) mass is 412 g/mol. The van der Waals surface area contributed by atoms with Gasteiger partial charge in [0, 0.05) is 19.5 Å². The SMILES string of the molecule is Cc1nnc2c(NCCCCNC(=O)CC(C)(C)C)nc3ccc(C(=O)O)cc3n12. The molecule has 160 valence electrons. The summed E-state index contributed by atoms with van der Waals surface area (Å²) in [5, 5.41) is 23.8. The molecule has 9 heteroatoms. The van der Waals surface area contributed by atoms with Crippen LogP contribution in [0, 0.1) is 12.3 Å². The minimum atomic E-state index is -0.993. The molecule has 3 N–H and O–H groups in total. The molecule has 3 rings (SSSR count). The van der Waals surface area contributed by atoms with Gasteiger partial charge in [-0.1, -0.05) is 20.8 Å². The summed E-state index contributed by atoms with van der Waals surface area (Å²) in [5.41, 5.74) is 2.04. The minimum absolute atomic E-state index is 0.0135. The summed E-state index contributed by atoms with van der Waals surface area (Å²) in [6.45, 7) is 9.26. The average Bonchev–Trinajstić information content (AvgIpc) is 3.05. The van der Waals surface area contributed by atoms with Crippen molar-refractivity contribution in [2.75, 3.05) is 18.4 Å². The number of rotatable bonds is 8. The van der Waals surface area contributed by atoms with E-state index < -0.39 is 5.97 Å². The van der Waals surface area contributed by atoms with Crippen molar-refractivity contribution in [3.63, 3.8) is 0 Å². The Morgan fingerprint density at radius 3 is 2.57 bits per heavy atom. The van der Waals surface area contributed by atoms with Crippen LogP contribution in [-0.4, -0.2) is 49.7 Å². The summed E-state index contributed by atoms with van der Waals surface area (Å²) in [6, 6.07) is 4.80. The summed E-state index contributed by atoms with van der Waals surface area (Å²) in [5.74, 6) is 0.341. The lowest BCUT2D eigenvalue weighted by Crippen LogP contribution is -2.28. The number of nitrogens with zero attached hydrogens (tertiary/aromatic N) is 4. The third kappa shape index (κ3) is 5.03. The maximum atomic E-state index is 11.9. The van der Waals surface area contributed by atoms with Crippen LogP contribution in [0.15, 0.2) is 18.2 Å². The van der Waals surface area contributed by atoms with E-state index in [1.165, 1.54) is 6.07 Å². The molecular weight excluding hydrogens is 384 g/mol. The molecule has 0 spiro atoms. The quantitative estimate of drug-likeness (QED) is 0.486. The predicted octanol–water partition coefficient (Wildman–Crippen LogP) is 3.03. The van der Waals surface area contributed by atoms with Crippen LogP contribution in [0.3, 0.4) is 0 Å². The van der Waals surface area contributed by atoms with Gasteiger partial charge in [0.15, 0.2) is 5.82 Å². The second-order valence-corrected chi connectivity index (χ2v) is 8.60. The number of aromatic carboxylic acids is 1. The number of carboxylic acids is 1. The van der Waals surface area contributed by atoms with Crippen LogP contribution in [0.4, 0.5) is 5.82 Å². The van der Waals surface area contributed by atoms with Gasteiger partial charge in [-0.2, -0.15) is 0 Å². The average molecular weight is 412 g/mol. The third-order valence-electron chi connectivity index (χ3n) is 4.64. The van der Waals surface area contributed by atoms with Gasteiger partial charge in [0.1, 0.15) is 5.82 Å². The van der Waals surface area contributed by atoms with E-state index in [2.05, 4.69) is 25.8 Å². The van der Waals surface area contributed by atoms with E-state index in [1.54, 1.807) is 12.1 Å². The molecule has 30 heavy (non-hydrogen) atoms. The van der Waals surface area contributed by atoms with Crippen LogP contribution in [-0.2, 0) is 4.79 Å². The second kappa shape index (κ2) is 8.64. The number of carbonyl (C=O) groups is 2. The second-order valence-electron chi connectivity index (χ2n) is 8.60. The molecule has 1 amide bonds. The fraction of sp³-hybridized carbons (Fsp3) is 0.476. The highest BCUT2D eigenvalue weighted by atomic mass is 16.4. The van der Waals surface area contributed by atoms with Crippen LogP contribution in [0.2, 0.25) is 0 Å². The van der Waals surface area contributed by atoms with E-state index in [4.69, 9.17) is 0 Å². The lowest BCUT2D eigenvalue weighted by atomic mass is 9.92. The molecule has 0 radical (unpaired) electrons. The predicted molar refractivity (Wildman–Crippen MR) is 115 cm³/mol. The Labute approximate surface area is 174 Å². The van der Waals surface area contributed by atoms with Crippen molar-refractivity contribution in [1.29, 1.82) is 0 Å². The van der Waals surface area contributed by atoms with E-state index in [0.29, 0.717) is 47.8 Å². The van der Waals surface area contributed by atoms with Crippen LogP contribution in [0.5, 0.6) is 0 Å². The van der Waals surface area contributed by atoms with Crippen molar-refractivity contribution in [1.82, 2.24) is 24.9 Å². The molecule has 0 aliphatic carbocycles. The van der Waals surface area contributed by atoms with Crippen molar-refractivity contribution < 1.29 is 14.7 Å². The maximum Gasteiger partial charge on any atom is 0.335 e. The zero-order chi connectivity index (χ0) is 21.9. The standard InChI is InChI=1S/C21H28N6O3/c1-13-25-26-19-18(23-10-6-5-9-22-17(28)12-21(2,3)4)24-15-8-7-14(20(29)30)11-16(15)27(13)19/h7-8,11H,5-6,9-10,12H2,1-4H3,(H,22,28)(H,23,24)(H,29,30). The zero-order valence-corrected chi connectivity index (χ0v) is 17.8. The topological polar surface area (TPSA) is 122 Å². The first-order chi connectivity index (χ1) is 14.2. The highest BCUT2D eigenvalue weighted by Crippen LogP contribution is 2.23. The van der Waals surface area contributed by atoms with E-state index in [0.717, 1.165) is 12.8 Å². The Morgan fingerprint density at radius 1 is 1.13 bits per heavy atom. The fourth-order valence-corrected chi connectivity index (χ4v) is 3.25. The third-order valence-corrected chi connectivity index (χ3v) is 4.64. The number of benzene rings is 1. The number of amides is 1. The number of nitrogens with one attached hydrogen (secondary N) is 2. The molecule has 0 saturated carbocycles. The Morgan fingerprint density at radius 2 is 1.87 bits per heavy atom. The van der Waals surface area contributed by atoms with Gasteiger partial charge < -0.3 is 15.7 Å². The Hall–Kier alpha value is -3.23. The maximum absolute atomic E-state index is 11.9. The van der Waals surface area contributed by atoms with Gasteiger partial charge in [-0.25, -0.2) is 9.78 Å². The number of aryl methyl sites for hydroxylation is 1. The van der Waals surface area contributed by atoms with Gasteiger partial charge in [0.25, 0.3) is 0 Å². The fourth-order valence-electron chi connectivity index (χ4n) is 3.25. The van der Waals surface area contributed by atoms with Gasteiger partial charge in [-0.15, -0.1) is 10.2 Å². The molecule has 0 unspecified atom stereocenters. The Balaban J connectivity index is 1.65. The molecule has 3 aromatic rings. The number of hydrogen-bond acceptors (Lipinski definition) is 6. The molecule has 0 atom stereocenters. The number of unbranched alkanes of at least 4 members (excludes halogenated alkanes) is 1. The van der Waals surface area contributed by atoms with Gasteiger partial charge in [0.05, 0.1) is 16.6 Å². The number of carbonyl (C=O) groups excluding carboxylic acids is 1. The van der Waals surface area contributed by atoms with Gasteiger partial charge >= 0.3 is 5.97 Å². The van der Waals surface area contributed by atoms with Crippen LogP contribution in [0.25, 0.3) is 16.7 Å². The Bertz CT molecular complexity index is 1080. The first kappa shape index (κ1) is 21.5. The lowest BCUT2D eigenvalue weighted by Gasteiger charge is -2.17. The molecule has 0 aliphatic rings. The summed E-state index contributed by atoms with van der Waals surface area (Å²) in [7, 11) is 0. The van der Waals surface area contributed by atoms with Crippen molar-refractivity contribution in [2.24, 2.45) is 5.41 Å². The summed E-state index contributed by atoms with van der Waals surface area (Å²) in [6.07, 6.45) is 2.22. The summed E-state index contributed by atoms with van der Waals surface area (Å²) in [4.78, 5) is 27.8. The van der Waals surface area contributed by atoms with Gasteiger partial charge in [-0.3, -0.25) is 9.20 Å². The molecule has 0 saturated heterocycles. The smallest absolute Gasteiger partial charge is 0.335 e. The largest absolute Gasteiger partial charge is 0.478 e. The summed E-state index contributed by atoms with van der Waals surface area (Å²) < 4.78 is 1.81. The number of aromatic nitrogens is 4. The van der Waals surface area contributed by atoms with E-state index in [1.807, 2.05) is 32.1 Å². The highest BCUT2D eigenvalue weighted by molar-refractivity contribution is 5.93. The van der Waals surface area contributed by atoms with Crippen LogP contribution in [0.1, 0.15) is 56.2 Å². The molecular formula is C21H28N6O3. The normalized spacial score (nSPS) is 11.7. The number of hydrogen-bond donors (Lipinski definition) is 3. The molecule has 9 nitrogen and oxygen atoms in total. The molecule has 0 fully saturated rings. The van der Waals surface area contributed by atoms with Crippen molar-refractivity contribution >= 4 is 34.4 Å². The van der Waals surface area contributed by atoms with Crippen molar-refractivity contribution in [2.45, 2.75) is 47.0 Å². The minimum Gasteiger partial charge on any atom is -0.478 e. The van der Waals surface area contributed by atoms with E-state index >= 15 is 0 Å². The lowest BCUT2D eigenvalue weighted by molar-refractivity contribution is -0.122. The van der Waals surface area contributed by atoms with E-state index in [-0.39, 0.29) is 16.9 Å². The molecule has 1 aromatic carbocycles. The Kier molecular flexibility index (Phi) is 6.19. The highest BCUT2D eigenvalue weighted by Gasteiger charge is 2.16. The number of carboxylic acid groups (broad SMARTS) is 1. The molecule has 2 aromatic heterocycles. The van der Waals surface area contributed by atoms with Crippen molar-refractivity contribution in [3.8, 4) is 0 Å². The first-order valence-electron chi connectivity index (χ1n) is 10.0.